The summed E-state index contributed by atoms with van der Waals surface area (Å²) in [6, 6.07) is 11.8. The second-order valence-electron chi connectivity index (χ2n) is 9.10. The van der Waals surface area contributed by atoms with Gasteiger partial charge in [-0.2, -0.15) is 4.98 Å². The van der Waals surface area contributed by atoms with Crippen LogP contribution in [0.25, 0.3) is 10.8 Å². The van der Waals surface area contributed by atoms with Crippen LogP contribution >= 0.6 is 0 Å². The van der Waals surface area contributed by atoms with Gasteiger partial charge in [-0.1, -0.05) is 37.8 Å². The minimum Gasteiger partial charge on any atom is -0.508 e. The molecule has 1 saturated heterocycles. The molecule has 8 nitrogen and oxygen atoms in total. The first-order valence-electron chi connectivity index (χ1n) is 12.3. The number of nitrogens with zero attached hydrogens (tertiary/aromatic N) is 5. The Morgan fingerprint density at radius 2 is 1.91 bits per heavy atom. The van der Waals surface area contributed by atoms with Gasteiger partial charge < -0.3 is 25.1 Å². The van der Waals surface area contributed by atoms with E-state index in [-0.39, 0.29) is 11.7 Å². The average molecular weight is 473 g/mol. The van der Waals surface area contributed by atoms with Gasteiger partial charge in [0, 0.05) is 62.0 Å². The van der Waals surface area contributed by atoms with Crippen molar-refractivity contribution < 1.29 is 9.90 Å². The average Bonchev–Trinajstić information content (AvgIpc) is 2.90. The Morgan fingerprint density at radius 1 is 1.11 bits per heavy atom. The topological polar surface area (TPSA) is 84.8 Å². The fraction of sp³-hybridized carbons (Fsp3) is 0.370. The molecule has 1 fully saturated rings. The van der Waals surface area contributed by atoms with Gasteiger partial charge >= 0.3 is 0 Å². The monoisotopic (exact) mass is 472 g/mol. The first kappa shape index (κ1) is 23.0. The highest BCUT2D eigenvalue weighted by molar-refractivity contribution is 5.95. The molecule has 5 rings (SSSR count). The van der Waals surface area contributed by atoms with Crippen LogP contribution in [0.3, 0.4) is 0 Å². The lowest BCUT2D eigenvalue weighted by atomic mass is 10.0. The molecule has 2 aromatic carbocycles. The lowest BCUT2D eigenvalue weighted by Gasteiger charge is -2.38. The van der Waals surface area contributed by atoms with Gasteiger partial charge in [-0.3, -0.25) is 4.79 Å². The number of rotatable bonds is 6. The summed E-state index contributed by atoms with van der Waals surface area (Å²) in [7, 11) is 0. The van der Waals surface area contributed by atoms with Gasteiger partial charge in [-0.15, -0.1) is 0 Å². The summed E-state index contributed by atoms with van der Waals surface area (Å²) in [5.41, 5.74) is 3.21. The molecule has 0 bridgehead atoms. The van der Waals surface area contributed by atoms with Crippen LogP contribution in [0, 0.1) is 0 Å². The number of fused-ring (bicyclic) bond motifs is 2. The predicted molar refractivity (Wildman–Crippen MR) is 140 cm³/mol. The number of carbonyl (C=O) groups excluding carboxylic acids is 1. The van der Waals surface area contributed by atoms with E-state index >= 15 is 0 Å². The molecule has 8 heteroatoms. The van der Waals surface area contributed by atoms with Crippen molar-refractivity contribution in [2.45, 2.75) is 26.3 Å². The normalized spacial score (nSPS) is 15.7. The van der Waals surface area contributed by atoms with Crippen molar-refractivity contribution >= 4 is 34.1 Å². The minimum absolute atomic E-state index is 0.0198. The molecule has 1 amide bonds. The largest absolute Gasteiger partial charge is 0.508 e. The molecule has 35 heavy (non-hydrogen) atoms. The number of anilines is 3. The number of amides is 1. The number of hydrogen-bond acceptors (Lipinski definition) is 7. The van der Waals surface area contributed by atoms with Gasteiger partial charge in [0.05, 0.1) is 12.2 Å². The molecule has 2 N–H and O–H groups in total. The number of aromatic hydroxyl groups is 1. The highest BCUT2D eigenvalue weighted by Gasteiger charge is 2.28. The van der Waals surface area contributed by atoms with E-state index in [0.29, 0.717) is 25.6 Å². The maximum atomic E-state index is 12.0. The first-order valence-corrected chi connectivity index (χ1v) is 12.3. The van der Waals surface area contributed by atoms with E-state index in [9.17, 15) is 9.90 Å². The predicted octanol–water partition coefficient (Wildman–Crippen LogP) is 3.55. The Labute approximate surface area is 205 Å². The SMILES string of the molecule is C=CC(=O)N1CCN(c2nc(NCCC)nc3c2CCN(c2cc(O)cc4ccccc24)C3)CC1. The third-order valence-electron chi connectivity index (χ3n) is 6.81. The zero-order chi connectivity index (χ0) is 24.4. The fourth-order valence-electron chi connectivity index (χ4n) is 5.00. The summed E-state index contributed by atoms with van der Waals surface area (Å²) >= 11 is 0. The van der Waals surface area contributed by atoms with Crippen LogP contribution in [0.15, 0.2) is 49.1 Å². The number of phenols is 1. The summed E-state index contributed by atoms with van der Waals surface area (Å²) in [5, 5.41) is 15.9. The number of piperazine rings is 1. The molecule has 0 radical (unpaired) electrons. The Morgan fingerprint density at radius 3 is 2.69 bits per heavy atom. The van der Waals surface area contributed by atoms with Crippen molar-refractivity contribution in [1.82, 2.24) is 14.9 Å². The van der Waals surface area contributed by atoms with E-state index in [1.165, 1.54) is 11.6 Å². The Balaban J connectivity index is 1.47. The Kier molecular flexibility index (Phi) is 6.44. The third-order valence-corrected chi connectivity index (χ3v) is 6.81. The van der Waals surface area contributed by atoms with Gasteiger partial charge in [0.15, 0.2) is 0 Å². The summed E-state index contributed by atoms with van der Waals surface area (Å²) in [4.78, 5) is 28.3. The molecule has 0 unspecified atom stereocenters. The van der Waals surface area contributed by atoms with Crippen molar-refractivity contribution in [3.05, 3.63) is 60.3 Å². The quantitative estimate of drug-likeness (QED) is 0.531. The maximum absolute atomic E-state index is 12.0. The molecule has 3 aromatic rings. The fourth-order valence-corrected chi connectivity index (χ4v) is 5.00. The van der Waals surface area contributed by atoms with Crippen molar-refractivity contribution in [3.8, 4) is 5.75 Å². The standard InChI is InChI=1S/C27H32N6O2/c1-3-10-28-27-29-23-18-33(24-17-20(34)16-19-7-5-6-8-21(19)24)11-9-22(23)26(30-27)32-14-12-31(13-15-32)25(35)4-2/h4-8,16-17,34H,2-3,9-15,18H2,1H3,(H,28,29,30). The van der Waals surface area contributed by atoms with Crippen molar-refractivity contribution in [2.75, 3.05) is 54.4 Å². The lowest BCUT2D eigenvalue weighted by Crippen LogP contribution is -2.49. The molecular weight excluding hydrogens is 440 g/mol. The molecule has 182 valence electrons. The van der Waals surface area contributed by atoms with Crippen LogP contribution in [0.2, 0.25) is 0 Å². The maximum Gasteiger partial charge on any atom is 0.246 e. The summed E-state index contributed by atoms with van der Waals surface area (Å²) in [6.45, 7) is 10.8. The van der Waals surface area contributed by atoms with Crippen LogP contribution in [0.1, 0.15) is 24.6 Å². The van der Waals surface area contributed by atoms with Crippen LogP contribution in [0.5, 0.6) is 5.75 Å². The van der Waals surface area contributed by atoms with Crippen molar-refractivity contribution in [3.63, 3.8) is 0 Å². The number of aromatic nitrogens is 2. The minimum atomic E-state index is -0.0198. The molecule has 0 saturated carbocycles. The highest BCUT2D eigenvalue weighted by atomic mass is 16.3. The second kappa shape index (κ2) is 9.82. The number of carbonyl (C=O) groups is 1. The van der Waals surface area contributed by atoms with E-state index in [1.807, 2.05) is 29.2 Å². The van der Waals surface area contributed by atoms with E-state index in [1.54, 1.807) is 6.07 Å². The number of hydrogen-bond donors (Lipinski definition) is 2. The van der Waals surface area contributed by atoms with E-state index < -0.39 is 0 Å². The molecule has 0 atom stereocenters. The van der Waals surface area contributed by atoms with Crippen LogP contribution in [0.4, 0.5) is 17.5 Å². The van der Waals surface area contributed by atoms with Gasteiger partial charge in [-0.25, -0.2) is 4.98 Å². The summed E-state index contributed by atoms with van der Waals surface area (Å²) in [5.74, 6) is 1.87. The van der Waals surface area contributed by atoms with Crippen molar-refractivity contribution in [1.29, 1.82) is 0 Å². The molecule has 2 aliphatic heterocycles. The third kappa shape index (κ3) is 4.60. The van der Waals surface area contributed by atoms with Gasteiger partial charge in [0.2, 0.25) is 11.9 Å². The number of nitrogens with one attached hydrogen (secondary N) is 1. The first-order chi connectivity index (χ1) is 17.1. The summed E-state index contributed by atoms with van der Waals surface area (Å²) < 4.78 is 0. The molecule has 2 aliphatic rings. The number of phenolic OH excluding ortho intramolecular Hbond substituents is 1. The molecule has 0 spiro atoms. The van der Waals surface area contributed by atoms with Crippen LogP contribution < -0.4 is 15.1 Å². The molecule has 0 aliphatic carbocycles. The Bertz CT molecular complexity index is 1250. The molecular formula is C27H32N6O2. The smallest absolute Gasteiger partial charge is 0.246 e. The number of benzene rings is 2. The van der Waals surface area contributed by atoms with E-state index in [4.69, 9.17) is 9.97 Å². The van der Waals surface area contributed by atoms with E-state index in [2.05, 4.69) is 34.7 Å². The van der Waals surface area contributed by atoms with Gasteiger partial charge in [0.25, 0.3) is 0 Å². The zero-order valence-electron chi connectivity index (χ0n) is 20.2. The van der Waals surface area contributed by atoms with Crippen LogP contribution in [-0.4, -0.2) is 65.2 Å². The van der Waals surface area contributed by atoms with Gasteiger partial charge in [0.1, 0.15) is 11.6 Å². The summed E-state index contributed by atoms with van der Waals surface area (Å²) in [6.07, 6.45) is 3.18. The zero-order valence-corrected chi connectivity index (χ0v) is 20.2. The second-order valence-corrected chi connectivity index (χ2v) is 9.10. The van der Waals surface area contributed by atoms with Gasteiger partial charge in [-0.05, 0) is 30.4 Å². The van der Waals surface area contributed by atoms with Crippen LogP contribution in [-0.2, 0) is 17.8 Å². The van der Waals surface area contributed by atoms with E-state index in [0.717, 1.165) is 67.0 Å². The Hall–Kier alpha value is -3.81. The van der Waals surface area contributed by atoms with Crippen molar-refractivity contribution in [2.24, 2.45) is 0 Å². The highest BCUT2D eigenvalue weighted by Crippen LogP contribution is 2.36. The molecule has 3 heterocycles. The molecule has 1 aromatic heterocycles. The lowest BCUT2D eigenvalue weighted by molar-refractivity contribution is -0.126.